The normalized spacial score (nSPS) is 10.6. The van der Waals surface area contributed by atoms with E-state index in [-0.39, 0.29) is 0 Å². The lowest BCUT2D eigenvalue weighted by atomic mass is 10.1. The second-order valence-electron chi connectivity index (χ2n) is 2.54. The van der Waals surface area contributed by atoms with Crippen LogP contribution in [0.2, 0.25) is 5.02 Å². The van der Waals surface area contributed by atoms with Crippen molar-refractivity contribution in [1.29, 1.82) is 0 Å². The summed E-state index contributed by atoms with van der Waals surface area (Å²) < 4.78 is 1.71. The van der Waals surface area contributed by atoms with E-state index in [1.807, 2.05) is 17.5 Å². The lowest BCUT2D eigenvalue weighted by molar-refractivity contribution is 0.112. The minimum atomic E-state index is 0.581. The van der Waals surface area contributed by atoms with Crippen LogP contribution in [0.4, 0.5) is 0 Å². The maximum atomic E-state index is 10.8. The highest BCUT2D eigenvalue weighted by Crippen LogP contribution is 2.34. The molecule has 0 unspecified atom stereocenters. The van der Waals surface area contributed by atoms with E-state index in [2.05, 4.69) is 15.9 Å². The molecule has 0 N–H and O–H groups in total. The Bertz CT molecular complexity index is 478. The standard InChI is InChI=1S/C9H4BrClOS/c10-9-6(4-12)5-1-2-13-8(5)3-7(9)11/h1-4H. The van der Waals surface area contributed by atoms with Crippen molar-refractivity contribution < 1.29 is 4.79 Å². The fraction of sp³-hybridized carbons (Fsp3) is 0. The Labute approximate surface area is 92.5 Å². The molecule has 0 atom stereocenters. The van der Waals surface area contributed by atoms with E-state index in [4.69, 9.17) is 11.6 Å². The summed E-state index contributed by atoms with van der Waals surface area (Å²) in [7, 11) is 0. The molecule has 66 valence electrons. The van der Waals surface area contributed by atoms with Crippen molar-refractivity contribution in [1.82, 2.24) is 0 Å². The molecule has 0 aliphatic carbocycles. The molecule has 1 aromatic heterocycles. The van der Waals surface area contributed by atoms with Crippen LogP contribution in [-0.2, 0) is 0 Å². The van der Waals surface area contributed by atoms with Crippen LogP contribution in [0.1, 0.15) is 10.4 Å². The van der Waals surface area contributed by atoms with E-state index in [9.17, 15) is 4.79 Å². The van der Waals surface area contributed by atoms with Gasteiger partial charge in [-0.2, -0.15) is 0 Å². The quantitative estimate of drug-likeness (QED) is 0.715. The third-order valence-corrected chi connectivity index (χ3v) is 4.05. The Hall–Kier alpha value is -0.380. The predicted molar refractivity (Wildman–Crippen MR) is 59.9 cm³/mol. The van der Waals surface area contributed by atoms with Crippen LogP contribution < -0.4 is 0 Å². The Morgan fingerprint density at radius 3 is 3.00 bits per heavy atom. The third kappa shape index (κ3) is 1.41. The molecular weight excluding hydrogens is 272 g/mol. The van der Waals surface area contributed by atoms with Gasteiger partial charge in [0.25, 0.3) is 0 Å². The Balaban J connectivity index is 2.95. The molecule has 0 amide bonds. The van der Waals surface area contributed by atoms with Gasteiger partial charge in [-0.15, -0.1) is 11.3 Å². The fourth-order valence-electron chi connectivity index (χ4n) is 1.20. The average molecular weight is 276 g/mol. The van der Waals surface area contributed by atoms with Gasteiger partial charge in [-0.1, -0.05) is 11.6 Å². The summed E-state index contributed by atoms with van der Waals surface area (Å²) in [4.78, 5) is 10.8. The number of benzene rings is 1. The number of thiophene rings is 1. The number of halogens is 2. The minimum Gasteiger partial charge on any atom is -0.298 e. The molecule has 1 aromatic carbocycles. The number of aldehydes is 1. The third-order valence-electron chi connectivity index (χ3n) is 1.81. The number of hydrogen-bond acceptors (Lipinski definition) is 2. The van der Waals surface area contributed by atoms with Gasteiger partial charge in [-0.25, -0.2) is 0 Å². The van der Waals surface area contributed by atoms with Crippen LogP contribution in [0.25, 0.3) is 10.1 Å². The summed E-state index contributed by atoms with van der Waals surface area (Å²) in [6, 6.07) is 3.78. The first kappa shape index (κ1) is 9.19. The van der Waals surface area contributed by atoms with E-state index in [1.54, 1.807) is 11.3 Å². The molecule has 0 spiro atoms. The molecule has 0 radical (unpaired) electrons. The van der Waals surface area contributed by atoms with Crippen LogP contribution >= 0.6 is 38.9 Å². The molecule has 0 bridgehead atoms. The van der Waals surface area contributed by atoms with E-state index in [1.165, 1.54) is 0 Å². The van der Waals surface area contributed by atoms with Crippen molar-refractivity contribution in [3.8, 4) is 0 Å². The molecule has 0 fully saturated rings. The fourth-order valence-corrected chi connectivity index (χ4v) is 2.73. The van der Waals surface area contributed by atoms with Crippen molar-refractivity contribution in [2.24, 2.45) is 0 Å². The molecule has 0 aliphatic rings. The summed E-state index contributed by atoms with van der Waals surface area (Å²) >= 11 is 10.8. The summed E-state index contributed by atoms with van der Waals surface area (Å²) in [5.41, 5.74) is 0.628. The van der Waals surface area contributed by atoms with Gasteiger partial charge in [0.05, 0.1) is 5.02 Å². The maximum Gasteiger partial charge on any atom is 0.151 e. The SMILES string of the molecule is O=Cc1c(Br)c(Cl)cc2sccc12. The van der Waals surface area contributed by atoms with E-state index < -0.39 is 0 Å². The molecule has 13 heavy (non-hydrogen) atoms. The molecule has 1 nitrogen and oxygen atoms in total. The zero-order valence-electron chi connectivity index (χ0n) is 6.38. The molecule has 2 rings (SSSR count). The highest BCUT2D eigenvalue weighted by Gasteiger charge is 2.09. The zero-order chi connectivity index (χ0) is 9.42. The molecule has 0 saturated carbocycles. The molecule has 4 heteroatoms. The van der Waals surface area contributed by atoms with Gasteiger partial charge in [0, 0.05) is 20.1 Å². The van der Waals surface area contributed by atoms with Gasteiger partial charge in [0.1, 0.15) is 0 Å². The Morgan fingerprint density at radius 1 is 1.54 bits per heavy atom. The smallest absolute Gasteiger partial charge is 0.151 e. The summed E-state index contributed by atoms with van der Waals surface area (Å²) in [5, 5.41) is 3.48. The first-order valence-corrected chi connectivity index (χ1v) is 5.59. The van der Waals surface area contributed by atoms with Gasteiger partial charge in [-0.05, 0) is 33.4 Å². The van der Waals surface area contributed by atoms with Gasteiger partial charge >= 0.3 is 0 Å². The lowest BCUT2D eigenvalue weighted by Gasteiger charge is -2.00. The molecule has 1 heterocycles. The number of fused-ring (bicyclic) bond motifs is 1. The average Bonchev–Trinajstić information content (AvgIpc) is 2.54. The van der Waals surface area contributed by atoms with Crippen LogP contribution in [0.3, 0.4) is 0 Å². The van der Waals surface area contributed by atoms with E-state index in [0.29, 0.717) is 15.1 Å². The topological polar surface area (TPSA) is 17.1 Å². The number of carbonyl (C=O) groups is 1. The zero-order valence-corrected chi connectivity index (χ0v) is 9.54. The number of carbonyl (C=O) groups excluding carboxylic acids is 1. The number of hydrogen-bond donors (Lipinski definition) is 0. The molecule has 0 saturated heterocycles. The van der Waals surface area contributed by atoms with E-state index in [0.717, 1.165) is 16.4 Å². The second-order valence-corrected chi connectivity index (χ2v) is 4.68. The first-order valence-electron chi connectivity index (χ1n) is 3.54. The van der Waals surface area contributed by atoms with Crippen molar-refractivity contribution >= 4 is 55.2 Å². The van der Waals surface area contributed by atoms with Crippen molar-refractivity contribution in [2.75, 3.05) is 0 Å². The minimum absolute atomic E-state index is 0.581. The monoisotopic (exact) mass is 274 g/mol. The summed E-state index contributed by atoms with van der Waals surface area (Å²) in [6.07, 6.45) is 0.824. The highest BCUT2D eigenvalue weighted by atomic mass is 79.9. The summed E-state index contributed by atoms with van der Waals surface area (Å²) in [5.74, 6) is 0. The number of rotatable bonds is 1. The van der Waals surface area contributed by atoms with E-state index >= 15 is 0 Å². The van der Waals surface area contributed by atoms with Gasteiger partial charge < -0.3 is 0 Å². The van der Waals surface area contributed by atoms with Gasteiger partial charge in [0.2, 0.25) is 0 Å². The second kappa shape index (κ2) is 3.40. The van der Waals surface area contributed by atoms with Crippen molar-refractivity contribution in [3.05, 3.63) is 32.6 Å². The largest absolute Gasteiger partial charge is 0.298 e. The maximum absolute atomic E-state index is 10.8. The highest BCUT2D eigenvalue weighted by molar-refractivity contribution is 9.10. The Kier molecular flexibility index (Phi) is 2.41. The van der Waals surface area contributed by atoms with Crippen LogP contribution in [-0.4, -0.2) is 6.29 Å². The Morgan fingerprint density at radius 2 is 2.31 bits per heavy atom. The van der Waals surface area contributed by atoms with Crippen LogP contribution in [0.15, 0.2) is 22.0 Å². The van der Waals surface area contributed by atoms with Crippen LogP contribution in [0.5, 0.6) is 0 Å². The van der Waals surface area contributed by atoms with Gasteiger partial charge in [-0.3, -0.25) is 4.79 Å². The molecule has 2 aromatic rings. The van der Waals surface area contributed by atoms with Gasteiger partial charge in [0.15, 0.2) is 6.29 Å². The molecular formula is C9H4BrClOS. The summed E-state index contributed by atoms with van der Waals surface area (Å²) in [6.45, 7) is 0. The predicted octanol–water partition coefficient (Wildman–Crippen LogP) is 4.13. The van der Waals surface area contributed by atoms with Crippen molar-refractivity contribution in [2.45, 2.75) is 0 Å². The van der Waals surface area contributed by atoms with Crippen molar-refractivity contribution in [3.63, 3.8) is 0 Å². The van der Waals surface area contributed by atoms with Crippen LogP contribution in [0, 0.1) is 0 Å². The first-order chi connectivity index (χ1) is 6.24. The molecule has 0 aliphatic heterocycles. The lowest BCUT2D eigenvalue weighted by Crippen LogP contribution is -1.83.